The summed E-state index contributed by atoms with van der Waals surface area (Å²) in [5.41, 5.74) is -0.614. The standard InChI is InChI=1S/C14H11ClF4N2O2S/c1-21(24(22,23)12-6-11(16)7-20-8-12)14(19,13(17)18)9-2-4-10(15)5-3-9/h2-8,13H,1H3. The molecular formula is C14H11ClF4N2O2S. The summed E-state index contributed by atoms with van der Waals surface area (Å²) in [6.45, 7) is 0. The lowest BCUT2D eigenvalue weighted by Crippen LogP contribution is -2.48. The Labute approximate surface area is 140 Å². The number of halogens is 5. The summed E-state index contributed by atoms with van der Waals surface area (Å²) in [6, 6.07) is 4.76. The zero-order valence-electron chi connectivity index (χ0n) is 12.1. The third kappa shape index (κ3) is 3.24. The molecule has 0 saturated heterocycles. The van der Waals surface area contributed by atoms with Gasteiger partial charge in [0.15, 0.2) is 0 Å². The highest BCUT2D eigenvalue weighted by atomic mass is 35.5. The number of hydrogen-bond acceptors (Lipinski definition) is 3. The molecule has 2 aromatic rings. The zero-order chi connectivity index (χ0) is 18.1. The molecule has 10 heteroatoms. The number of benzene rings is 1. The molecule has 0 aliphatic heterocycles. The van der Waals surface area contributed by atoms with Crippen LogP contribution < -0.4 is 0 Å². The Morgan fingerprint density at radius 2 is 1.79 bits per heavy atom. The van der Waals surface area contributed by atoms with Crippen molar-refractivity contribution < 1.29 is 26.0 Å². The highest BCUT2D eigenvalue weighted by molar-refractivity contribution is 7.89. The van der Waals surface area contributed by atoms with Crippen LogP contribution in [0.3, 0.4) is 0 Å². The largest absolute Gasteiger partial charge is 0.290 e. The second-order valence-corrected chi connectivity index (χ2v) is 7.20. The molecule has 0 N–H and O–H groups in total. The maximum Gasteiger partial charge on any atom is 0.290 e. The Morgan fingerprint density at radius 1 is 1.21 bits per heavy atom. The Bertz CT molecular complexity index is 833. The molecule has 0 fully saturated rings. The third-order valence-corrected chi connectivity index (χ3v) is 5.39. The molecule has 0 bridgehead atoms. The van der Waals surface area contributed by atoms with Crippen LogP contribution in [0.15, 0.2) is 47.6 Å². The highest BCUT2D eigenvalue weighted by Crippen LogP contribution is 2.39. The summed E-state index contributed by atoms with van der Waals surface area (Å²) < 4.78 is 79.8. The second-order valence-electron chi connectivity index (χ2n) is 4.79. The van der Waals surface area contributed by atoms with Crippen molar-refractivity contribution in [2.24, 2.45) is 0 Å². The van der Waals surface area contributed by atoms with Crippen LogP contribution in [-0.2, 0) is 15.8 Å². The maximum absolute atomic E-state index is 15.1. The van der Waals surface area contributed by atoms with Crippen molar-refractivity contribution in [2.75, 3.05) is 7.05 Å². The van der Waals surface area contributed by atoms with Crippen molar-refractivity contribution in [1.82, 2.24) is 9.29 Å². The summed E-state index contributed by atoms with van der Waals surface area (Å²) >= 11 is 5.63. The van der Waals surface area contributed by atoms with E-state index >= 15 is 4.39 Å². The van der Waals surface area contributed by atoms with Crippen molar-refractivity contribution in [3.63, 3.8) is 0 Å². The minimum absolute atomic E-state index is 0.148. The van der Waals surface area contributed by atoms with Crippen LogP contribution in [-0.4, -0.2) is 31.2 Å². The van der Waals surface area contributed by atoms with Gasteiger partial charge in [0, 0.05) is 23.8 Å². The third-order valence-electron chi connectivity index (χ3n) is 3.33. The molecule has 24 heavy (non-hydrogen) atoms. The number of sulfonamides is 1. The average molecular weight is 383 g/mol. The Morgan fingerprint density at radius 3 is 2.29 bits per heavy atom. The van der Waals surface area contributed by atoms with Crippen LogP contribution in [0, 0.1) is 5.82 Å². The molecule has 0 aliphatic rings. The molecule has 0 amide bonds. The van der Waals surface area contributed by atoms with Gasteiger partial charge in [-0.15, -0.1) is 0 Å². The lowest BCUT2D eigenvalue weighted by atomic mass is 10.1. The predicted octanol–water partition coefficient (Wildman–Crippen LogP) is 3.58. The van der Waals surface area contributed by atoms with E-state index in [0.717, 1.165) is 36.7 Å². The SMILES string of the molecule is CN(C(F)(c1ccc(Cl)cc1)C(F)F)S(=O)(=O)c1cncc(F)c1. The van der Waals surface area contributed by atoms with E-state index in [1.54, 1.807) is 0 Å². The number of rotatable bonds is 5. The summed E-state index contributed by atoms with van der Waals surface area (Å²) in [4.78, 5) is 2.59. The molecule has 0 saturated carbocycles. The summed E-state index contributed by atoms with van der Waals surface area (Å²) in [5.74, 6) is -4.67. The highest BCUT2D eigenvalue weighted by Gasteiger charge is 2.51. The van der Waals surface area contributed by atoms with E-state index in [1.165, 1.54) is 0 Å². The molecule has 0 radical (unpaired) electrons. The van der Waals surface area contributed by atoms with Crippen molar-refractivity contribution >= 4 is 21.6 Å². The van der Waals surface area contributed by atoms with E-state index in [4.69, 9.17) is 11.6 Å². The van der Waals surface area contributed by atoms with E-state index < -0.39 is 38.5 Å². The van der Waals surface area contributed by atoms with Crippen molar-refractivity contribution in [2.45, 2.75) is 17.1 Å². The van der Waals surface area contributed by atoms with Crippen LogP contribution in [0.1, 0.15) is 5.56 Å². The van der Waals surface area contributed by atoms with Crippen LogP contribution >= 0.6 is 11.6 Å². The molecule has 0 aliphatic carbocycles. The minimum Gasteiger partial charge on any atom is -0.260 e. The molecule has 1 aromatic heterocycles. The van der Waals surface area contributed by atoms with Gasteiger partial charge in [0.2, 0.25) is 10.0 Å². The van der Waals surface area contributed by atoms with Crippen molar-refractivity contribution in [1.29, 1.82) is 0 Å². The van der Waals surface area contributed by atoms with Crippen molar-refractivity contribution in [3.8, 4) is 0 Å². The van der Waals surface area contributed by atoms with Gasteiger partial charge in [-0.25, -0.2) is 26.0 Å². The van der Waals surface area contributed by atoms with Gasteiger partial charge in [-0.1, -0.05) is 23.7 Å². The molecule has 1 aromatic carbocycles. The smallest absolute Gasteiger partial charge is 0.260 e. The number of hydrogen-bond donors (Lipinski definition) is 0. The van der Waals surface area contributed by atoms with Gasteiger partial charge in [-0.05, 0) is 18.2 Å². The number of nitrogens with zero attached hydrogens (tertiary/aromatic N) is 2. The van der Waals surface area contributed by atoms with Gasteiger partial charge in [0.25, 0.3) is 12.2 Å². The van der Waals surface area contributed by atoms with Gasteiger partial charge in [0.1, 0.15) is 10.7 Å². The molecule has 1 heterocycles. The minimum atomic E-state index is -4.78. The van der Waals surface area contributed by atoms with E-state index in [-0.39, 0.29) is 9.33 Å². The van der Waals surface area contributed by atoms with Gasteiger partial charge in [0.05, 0.1) is 6.20 Å². The lowest BCUT2D eigenvalue weighted by Gasteiger charge is -2.33. The quantitative estimate of drug-likeness (QED) is 0.586. The molecule has 0 spiro atoms. The normalized spacial score (nSPS) is 14.8. The monoisotopic (exact) mass is 382 g/mol. The first-order valence-corrected chi connectivity index (χ1v) is 8.24. The van der Waals surface area contributed by atoms with Gasteiger partial charge in [-0.3, -0.25) is 4.98 Å². The van der Waals surface area contributed by atoms with Crippen LogP contribution in [0.25, 0.3) is 0 Å². The van der Waals surface area contributed by atoms with Gasteiger partial charge >= 0.3 is 0 Å². The van der Waals surface area contributed by atoms with Crippen LogP contribution in [0.2, 0.25) is 5.02 Å². The van der Waals surface area contributed by atoms with E-state index in [0.29, 0.717) is 13.1 Å². The van der Waals surface area contributed by atoms with Gasteiger partial charge < -0.3 is 0 Å². The molecule has 4 nitrogen and oxygen atoms in total. The van der Waals surface area contributed by atoms with E-state index in [2.05, 4.69) is 4.98 Å². The molecule has 1 atom stereocenters. The molecular weight excluding hydrogens is 372 g/mol. The van der Waals surface area contributed by atoms with E-state index in [9.17, 15) is 21.6 Å². The van der Waals surface area contributed by atoms with Crippen LogP contribution in [0.4, 0.5) is 17.6 Å². The molecule has 2 rings (SSSR count). The first-order valence-electron chi connectivity index (χ1n) is 6.43. The summed E-state index contributed by atoms with van der Waals surface area (Å²) in [6.07, 6.45) is -2.24. The Kier molecular flexibility index (Phi) is 5.17. The number of pyridine rings is 1. The summed E-state index contributed by atoms with van der Waals surface area (Å²) in [7, 11) is -4.14. The number of aromatic nitrogens is 1. The van der Waals surface area contributed by atoms with Crippen LogP contribution in [0.5, 0.6) is 0 Å². The molecule has 130 valence electrons. The first-order chi connectivity index (χ1) is 11.1. The van der Waals surface area contributed by atoms with Gasteiger partial charge in [-0.2, -0.15) is 4.31 Å². The average Bonchev–Trinajstić information content (AvgIpc) is 2.53. The van der Waals surface area contributed by atoms with E-state index in [1.807, 2.05) is 0 Å². The first kappa shape index (κ1) is 18.6. The van der Waals surface area contributed by atoms with Crippen molar-refractivity contribution in [3.05, 3.63) is 59.1 Å². The predicted molar refractivity (Wildman–Crippen MR) is 79.4 cm³/mol. The Balaban J connectivity index is 2.57. The fourth-order valence-corrected chi connectivity index (χ4v) is 3.43. The fourth-order valence-electron chi connectivity index (χ4n) is 2.00. The number of alkyl halides is 3. The lowest BCUT2D eigenvalue weighted by molar-refractivity contribution is -0.104. The summed E-state index contributed by atoms with van der Waals surface area (Å²) in [5, 5.41) is 0.162. The topological polar surface area (TPSA) is 50.3 Å². The second kappa shape index (κ2) is 6.66. The molecule has 1 unspecified atom stereocenters. The zero-order valence-corrected chi connectivity index (χ0v) is 13.7. The Hall–Kier alpha value is -1.71. The maximum atomic E-state index is 15.1. The fraction of sp³-hybridized carbons (Fsp3) is 0.214.